The molecular weight excluding hydrogens is 436 g/mol. The SMILES string of the molecule is C[C@H](CCC(=O)OCc1ccccc1)[C@H]1CC[C@H]2[C@@H]3[C@H](O)C[C@@H]4C[C@H](O)CC[C@]4(C)[C@H]3CC[C@]12C. The summed E-state index contributed by atoms with van der Waals surface area (Å²) >= 11 is 0. The Morgan fingerprint density at radius 2 is 1.71 bits per heavy atom. The van der Waals surface area contributed by atoms with Gasteiger partial charge in [-0.1, -0.05) is 51.1 Å². The summed E-state index contributed by atoms with van der Waals surface area (Å²) in [6, 6.07) is 9.89. The van der Waals surface area contributed by atoms with Crippen LogP contribution in [0, 0.1) is 46.3 Å². The molecule has 0 heterocycles. The molecule has 194 valence electrons. The zero-order chi connectivity index (χ0) is 24.8. The van der Waals surface area contributed by atoms with Crippen molar-refractivity contribution in [3.63, 3.8) is 0 Å². The average molecular weight is 483 g/mol. The van der Waals surface area contributed by atoms with Crippen molar-refractivity contribution in [3.05, 3.63) is 35.9 Å². The highest BCUT2D eigenvalue weighted by Gasteiger charge is 2.62. The van der Waals surface area contributed by atoms with Crippen molar-refractivity contribution in [2.45, 2.75) is 104 Å². The number of hydrogen-bond donors (Lipinski definition) is 2. The van der Waals surface area contributed by atoms with E-state index in [1.54, 1.807) is 0 Å². The smallest absolute Gasteiger partial charge is 0.306 e. The van der Waals surface area contributed by atoms with Crippen LogP contribution in [0.15, 0.2) is 30.3 Å². The molecule has 4 aliphatic carbocycles. The molecule has 0 amide bonds. The molecular formula is C31H46O4. The molecule has 2 N–H and O–H groups in total. The Labute approximate surface area is 211 Å². The van der Waals surface area contributed by atoms with Crippen LogP contribution in [0.25, 0.3) is 0 Å². The summed E-state index contributed by atoms with van der Waals surface area (Å²) in [5, 5.41) is 21.7. The summed E-state index contributed by atoms with van der Waals surface area (Å²) in [5.41, 5.74) is 1.56. The minimum Gasteiger partial charge on any atom is -0.461 e. The van der Waals surface area contributed by atoms with Crippen molar-refractivity contribution in [3.8, 4) is 0 Å². The van der Waals surface area contributed by atoms with E-state index in [1.165, 1.54) is 25.7 Å². The highest BCUT2D eigenvalue weighted by molar-refractivity contribution is 5.69. The number of carbonyl (C=O) groups is 1. The molecule has 0 aromatic heterocycles. The van der Waals surface area contributed by atoms with Gasteiger partial charge in [0, 0.05) is 6.42 Å². The molecule has 0 spiro atoms. The third kappa shape index (κ3) is 4.59. The second kappa shape index (κ2) is 9.82. The number of benzene rings is 1. The monoisotopic (exact) mass is 482 g/mol. The maximum Gasteiger partial charge on any atom is 0.306 e. The second-order valence-electron chi connectivity index (χ2n) is 13.1. The van der Waals surface area contributed by atoms with Crippen LogP contribution in [0.4, 0.5) is 0 Å². The van der Waals surface area contributed by atoms with E-state index in [2.05, 4.69) is 20.8 Å². The predicted octanol–water partition coefficient (Wildman–Crippen LogP) is 6.14. The van der Waals surface area contributed by atoms with E-state index >= 15 is 0 Å². The molecule has 0 bridgehead atoms. The van der Waals surface area contributed by atoms with E-state index in [0.717, 1.165) is 37.7 Å². The minimum absolute atomic E-state index is 0.0923. The molecule has 5 rings (SSSR count). The molecule has 4 fully saturated rings. The van der Waals surface area contributed by atoms with Gasteiger partial charge >= 0.3 is 5.97 Å². The summed E-state index contributed by atoms with van der Waals surface area (Å²) in [4.78, 5) is 12.4. The van der Waals surface area contributed by atoms with Crippen molar-refractivity contribution in [2.24, 2.45) is 46.3 Å². The Balaban J connectivity index is 1.21. The highest BCUT2D eigenvalue weighted by atomic mass is 16.5. The standard InChI is InChI=1S/C31H46O4/c1-20(9-12-28(34)35-19-21-7-5-4-6-8-21)24-10-11-25-29-26(14-16-31(24,25)3)30(2)15-13-23(32)17-22(30)18-27(29)33/h4-8,20,22-27,29,32-33H,9-19H2,1-3H3/t20-,22+,23-,24-,25+,26+,27-,29+,30+,31-/m1/s1. The first-order chi connectivity index (χ1) is 16.7. The molecule has 1 aromatic carbocycles. The molecule has 1 aromatic rings. The first kappa shape index (κ1) is 25.3. The number of aliphatic hydroxyl groups is 2. The molecule has 35 heavy (non-hydrogen) atoms. The van der Waals surface area contributed by atoms with Gasteiger partial charge in [0.15, 0.2) is 0 Å². The van der Waals surface area contributed by atoms with Crippen LogP contribution in [0.5, 0.6) is 0 Å². The molecule has 4 aliphatic rings. The Bertz CT molecular complexity index is 885. The highest BCUT2D eigenvalue weighted by Crippen LogP contribution is 2.68. The van der Waals surface area contributed by atoms with Crippen molar-refractivity contribution >= 4 is 5.97 Å². The number of hydrogen-bond acceptors (Lipinski definition) is 4. The van der Waals surface area contributed by atoms with Crippen molar-refractivity contribution < 1.29 is 19.7 Å². The molecule has 0 saturated heterocycles. The fourth-order valence-corrected chi connectivity index (χ4v) is 9.53. The van der Waals surface area contributed by atoms with Crippen molar-refractivity contribution in [1.29, 1.82) is 0 Å². The van der Waals surface area contributed by atoms with E-state index < -0.39 is 0 Å². The van der Waals surface area contributed by atoms with Gasteiger partial charge in [-0.15, -0.1) is 0 Å². The third-order valence-corrected chi connectivity index (χ3v) is 11.5. The molecule has 0 radical (unpaired) electrons. The largest absolute Gasteiger partial charge is 0.461 e. The maximum absolute atomic E-state index is 12.4. The first-order valence-corrected chi connectivity index (χ1v) is 14.3. The molecule has 4 heteroatoms. The Kier molecular flexibility index (Phi) is 7.09. The zero-order valence-corrected chi connectivity index (χ0v) is 22.0. The van der Waals surface area contributed by atoms with Crippen molar-refractivity contribution in [2.75, 3.05) is 0 Å². The lowest BCUT2D eigenvalue weighted by Crippen LogP contribution is -2.58. The van der Waals surface area contributed by atoms with Gasteiger partial charge in [0.25, 0.3) is 0 Å². The van der Waals surface area contributed by atoms with Gasteiger partial charge in [-0.3, -0.25) is 4.79 Å². The van der Waals surface area contributed by atoms with Gasteiger partial charge in [-0.2, -0.15) is 0 Å². The van der Waals surface area contributed by atoms with Crippen LogP contribution in [0.3, 0.4) is 0 Å². The Hall–Kier alpha value is -1.39. The lowest BCUT2D eigenvalue weighted by molar-refractivity contribution is -0.174. The zero-order valence-electron chi connectivity index (χ0n) is 22.0. The number of carbonyl (C=O) groups excluding carboxylic acids is 1. The van der Waals surface area contributed by atoms with E-state index in [0.29, 0.717) is 48.5 Å². The third-order valence-electron chi connectivity index (χ3n) is 11.5. The quantitative estimate of drug-likeness (QED) is 0.478. The molecule has 0 unspecified atom stereocenters. The molecule has 10 atom stereocenters. The van der Waals surface area contributed by atoms with Crippen LogP contribution >= 0.6 is 0 Å². The number of fused-ring (bicyclic) bond motifs is 5. The van der Waals surface area contributed by atoms with Crippen LogP contribution in [0.2, 0.25) is 0 Å². The van der Waals surface area contributed by atoms with Gasteiger partial charge in [0.1, 0.15) is 6.61 Å². The maximum atomic E-state index is 12.4. The van der Waals surface area contributed by atoms with Crippen LogP contribution < -0.4 is 0 Å². The second-order valence-corrected chi connectivity index (χ2v) is 13.1. The topological polar surface area (TPSA) is 66.8 Å². The summed E-state index contributed by atoms with van der Waals surface area (Å²) in [5.74, 6) is 3.04. The van der Waals surface area contributed by atoms with Crippen LogP contribution in [-0.4, -0.2) is 28.4 Å². The number of rotatable bonds is 6. The average Bonchev–Trinajstić information content (AvgIpc) is 3.20. The van der Waals surface area contributed by atoms with Gasteiger partial charge < -0.3 is 14.9 Å². The summed E-state index contributed by atoms with van der Waals surface area (Å²) in [6.07, 6.45) is 9.63. The molecule has 4 saturated carbocycles. The lowest BCUT2D eigenvalue weighted by atomic mass is 9.43. The van der Waals surface area contributed by atoms with Crippen molar-refractivity contribution in [1.82, 2.24) is 0 Å². The van der Waals surface area contributed by atoms with Crippen LogP contribution in [0.1, 0.15) is 90.5 Å². The Morgan fingerprint density at radius 3 is 2.49 bits per heavy atom. The lowest BCUT2D eigenvalue weighted by Gasteiger charge is -2.62. The minimum atomic E-state index is -0.227. The predicted molar refractivity (Wildman–Crippen MR) is 137 cm³/mol. The normalized spacial score (nSPS) is 43.5. The number of aliphatic hydroxyl groups excluding tert-OH is 2. The summed E-state index contributed by atoms with van der Waals surface area (Å²) < 4.78 is 5.54. The van der Waals surface area contributed by atoms with Gasteiger partial charge in [0.2, 0.25) is 0 Å². The van der Waals surface area contributed by atoms with E-state index in [4.69, 9.17) is 4.74 Å². The van der Waals surface area contributed by atoms with Gasteiger partial charge in [-0.05, 0) is 110 Å². The molecule has 4 nitrogen and oxygen atoms in total. The van der Waals surface area contributed by atoms with Gasteiger partial charge in [0.05, 0.1) is 12.2 Å². The molecule has 0 aliphatic heterocycles. The van der Waals surface area contributed by atoms with E-state index in [-0.39, 0.29) is 29.0 Å². The first-order valence-electron chi connectivity index (χ1n) is 14.3. The fraction of sp³-hybridized carbons (Fsp3) is 0.774. The van der Waals surface area contributed by atoms with Gasteiger partial charge in [-0.25, -0.2) is 0 Å². The van der Waals surface area contributed by atoms with E-state index in [9.17, 15) is 15.0 Å². The van der Waals surface area contributed by atoms with E-state index in [1.807, 2.05) is 30.3 Å². The number of ether oxygens (including phenoxy) is 1. The van der Waals surface area contributed by atoms with Crippen LogP contribution in [-0.2, 0) is 16.1 Å². The Morgan fingerprint density at radius 1 is 1.00 bits per heavy atom. The summed E-state index contributed by atoms with van der Waals surface area (Å²) in [7, 11) is 0. The fourth-order valence-electron chi connectivity index (χ4n) is 9.53. The summed E-state index contributed by atoms with van der Waals surface area (Å²) in [6.45, 7) is 7.68. The number of esters is 1.